The second-order valence-electron chi connectivity index (χ2n) is 9.49. The van der Waals surface area contributed by atoms with E-state index in [0.717, 1.165) is 60.4 Å². The first-order valence-electron chi connectivity index (χ1n) is 12.9. The number of carbonyl (C=O) groups is 1. The third-order valence-corrected chi connectivity index (χ3v) is 8.13. The minimum absolute atomic E-state index is 0.00926. The molecule has 0 saturated carbocycles. The number of rotatable bonds is 7. The molecule has 0 spiro atoms. The van der Waals surface area contributed by atoms with E-state index in [0.29, 0.717) is 6.04 Å². The summed E-state index contributed by atoms with van der Waals surface area (Å²) >= 11 is 0.878. The van der Waals surface area contributed by atoms with Crippen molar-refractivity contribution in [1.29, 1.82) is 5.26 Å². The molecule has 0 aliphatic carbocycles. The Morgan fingerprint density at radius 3 is 2.54 bits per heavy atom. The zero-order valence-electron chi connectivity index (χ0n) is 22.1. The maximum atomic E-state index is 12.9. The molecule has 1 aromatic carbocycles. The van der Waals surface area contributed by atoms with Gasteiger partial charge in [-0.3, -0.25) is 14.2 Å². The van der Waals surface area contributed by atoms with Gasteiger partial charge in [-0.15, -0.1) is 11.3 Å². The van der Waals surface area contributed by atoms with Gasteiger partial charge in [0.2, 0.25) is 0 Å². The van der Waals surface area contributed by atoms with E-state index in [1.165, 1.54) is 16.5 Å². The lowest BCUT2D eigenvalue weighted by molar-refractivity contribution is -0.135. The molecular weight excluding hydrogens is 529 g/mol. The SMILES string of the molecule is CCN1CCC(n2c(C)cc3cc(N/C=c4\s/c(=C(\C#N)C(=O)NCC(F)(F)F)n(CC)c4=O)ccc32)CC1. The lowest BCUT2D eigenvalue weighted by Crippen LogP contribution is -2.37. The van der Waals surface area contributed by atoms with Gasteiger partial charge in [0, 0.05) is 54.2 Å². The highest BCUT2D eigenvalue weighted by molar-refractivity contribution is 7.07. The smallest absolute Gasteiger partial charge is 0.360 e. The normalized spacial score (nSPS) is 16.4. The second kappa shape index (κ2) is 11.7. The van der Waals surface area contributed by atoms with Crippen molar-refractivity contribution in [2.75, 3.05) is 31.5 Å². The zero-order chi connectivity index (χ0) is 28.3. The molecule has 39 heavy (non-hydrogen) atoms. The van der Waals surface area contributed by atoms with Crippen LogP contribution in [0.1, 0.15) is 38.4 Å². The Bertz CT molecular complexity index is 1590. The van der Waals surface area contributed by atoms with E-state index in [1.807, 2.05) is 12.1 Å². The first-order valence-corrected chi connectivity index (χ1v) is 13.7. The molecule has 1 aliphatic heterocycles. The average Bonchev–Trinajstić information content (AvgIpc) is 3.40. The van der Waals surface area contributed by atoms with Crippen molar-refractivity contribution in [1.82, 2.24) is 19.4 Å². The summed E-state index contributed by atoms with van der Waals surface area (Å²) < 4.78 is 41.4. The van der Waals surface area contributed by atoms with Crippen molar-refractivity contribution < 1.29 is 18.0 Å². The number of halogens is 3. The highest BCUT2D eigenvalue weighted by Crippen LogP contribution is 2.31. The molecule has 1 fully saturated rings. The summed E-state index contributed by atoms with van der Waals surface area (Å²) in [5.74, 6) is -1.18. The number of aromatic nitrogens is 2. The lowest BCUT2D eigenvalue weighted by Gasteiger charge is -2.33. The number of hydrogen-bond donors (Lipinski definition) is 2. The van der Waals surface area contributed by atoms with Crippen molar-refractivity contribution >= 4 is 45.6 Å². The molecule has 2 aromatic heterocycles. The molecule has 2 N–H and O–H groups in total. The Labute approximate surface area is 227 Å². The van der Waals surface area contributed by atoms with E-state index < -0.39 is 29.8 Å². The highest BCUT2D eigenvalue weighted by Gasteiger charge is 2.29. The number of nitriles is 1. The average molecular weight is 561 g/mol. The van der Waals surface area contributed by atoms with Gasteiger partial charge in [0.15, 0.2) is 5.57 Å². The Kier molecular flexibility index (Phi) is 8.51. The molecule has 12 heteroatoms. The van der Waals surface area contributed by atoms with Crippen LogP contribution in [0.5, 0.6) is 0 Å². The van der Waals surface area contributed by atoms with Crippen LogP contribution in [-0.2, 0) is 11.3 Å². The van der Waals surface area contributed by atoms with Gasteiger partial charge in [-0.1, -0.05) is 6.92 Å². The summed E-state index contributed by atoms with van der Waals surface area (Å²) in [4.78, 5) is 27.7. The molecule has 3 heterocycles. The molecule has 1 saturated heterocycles. The number of fused-ring (bicyclic) bond motifs is 1. The number of anilines is 1. The van der Waals surface area contributed by atoms with Crippen LogP contribution in [0.4, 0.5) is 18.9 Å². The molecule has 1 aliphatic rings. The van der Waals surface area contributed by atoms with E-state index in [4.69, 9.17) is 0 Å². The molecule has 8 nitrogen and oxygen atoms in total. The predicted molar refractivity (Wildman–Crippen MR) is 147 cm³/mol. The number of benzene rings is 1. The first-order chi connectivity index (χ1) is 18.6. The van der Waals surface area contributed by atoms with Gasteiger partial charge >= 0.3 is 6.18 Å². The number of thiazole rings is 1. The number of piperidine rings is 1. The van der Waals surface area contributed by atoms with E-state index in [2.05, 4.69) is 40.8 Å². The number of aryl methyl sites for hydroxylation is 1. The third kappa shape index (κ3) is 6.20. The largest absolute Gasteiger partial charge is 0.405 e. The maximum absolute atomic E-state index is 12.9. The van der Waals surface area contributed by atoms with Gasteiger partial charge in [0.25, 0.3) is 11.5 Å². The van der Waals surface area contributed by atoms with Crippen LogP contribution in [0.2, 0.25) is 0 Å². The fourth-order valence-corrected chi connectivity index (χ4v) is 6.13. The fraction of sp³-hybridized carbons (Fsp3) is 0.444. The summed E-state index contributed by atoms with van der Waals surface area (Å²) in [5.41, 5.74) is 2.12. The molecule has 3 aromatic rings. The summed E-state index contributed by atoms with van der Waals surface area (Å²) in [6.07, 6.45) is -0.915. The van der Waals surface area contributed by atoms with E-state index in [1.54, 1.807) is 18.3 Å². The molecule has 0 bridgehead atoms. The lowest BCUT2D eigenvalue weighted by atomic mass is 10.0. The Morgan fingerprint density at radius 1 is 1.21 bits per heavy atom. The van der Waals surface area contributed by atoms with Crippen molar-refractivity contribution in [3.05, 3.63) is 49.5 Å². The summed E-state index contributed by atoms with van der Waals surface area (Å²) in [6.45, 7) is 7.77. The van der Waals surface area contributed by atoms with E-state index >= 15 is 0 Å². The molecule has 0 atom stereocenters. The maximum Gasteiger partial charge on any atom is 0.405 e. The molecule has 208 valence electrons. The van der Waals surface area contributed by atoms with Gasteiger partial charge in [-0.25, -0.2) is 0 Å². The number of amides is 1. The van der Waals surface area contributed by atoms with E-state index in [-0.39, 0.29) is 15.7 Å². The molecule has 0 unspecified atom stereocenters. The fourth-order valence-electron chi connectivity index (χ4n) is 5.05. The van der Waals surface area contributed by atoms with Crippen LogP contribution < -0.4 is 25.4 Å². The van der Waals surface area contributed by atoms with Gasteiger partial charge < -0.3 is 20.1 Å². The Balaban J connectivity index is 1.63. The minimum atomic E-state index is -4.62. The monoisotopic (exact) mass is 560 g/mol. The van der Waals surface area contributed by atoms with Crippen LogP contribution in [0.3, 0.4) is 0 Å². The van der Waals surface area contributed by atoms with Gasteiger partial charge in [0.05, 0.1) is 0 Å². The quantitative estimate of drug-likeness (QED) is 0.463. The number of hydrogen-bond acceptors (Lipinski definition) is 6. The summed E-state index contributed by atoms with van der Waals surface area (Å²) in [7, 11) is 0. The van der Waals surface area contributed by atoms with Crippen LogP contribution in [0, 0.1) is 18.3 Å². The third-order valence-electron chi connectivity index (χ3n) is 7.00. The molecule has 1 amide bonds. The Hall–Kier alpha value is -3.56. The van der Waals surface area contributed by atoms with Gasteiger partial charge in [0.1, 0.15) is 21.8 Å². The van der Waals surface area contributed by atoms with Crippen molar-refractivity contribution in [2.24, 2.45) is 0 Å². The standard InChI is InChI=1S/C27H31F3N6O2S/c1-4-34-10-8-20(9-11-34)36-17(3)12-18-13-19(6-7-22(18)36)32-15-23-25(38)35(5-2)26(39-23)21(14-31)24(37)33-16-27(28,29)30/h6-7,12-13,15,20,32H,4-5,8-11,16H2,1-3H3,(H,33,37)/b23-15-,26-21+. The molecule has 0 radical (unpaired) electrons. The van der Waals surface area contributed by atoms with Crippen LogP contribution in [0.25, 0.3) is 22.7 Å². The van der Waals surface area contributed by atoms with Crippen molar-refractivity contribution in [2.45, 2.75) is 52.4 Å². The summed E-state index contributed by atoms with van der Waals surface area (Å²) in [6, 6.07) is 10.2. The number of nitrogens with zero attached hydrogens (tertiary/aromatic N) is 4. The number of alkyl halides is 3. The predicted octanol–water partition coefficient (Wildman–Crippen LogP) is 3.05. The number of carbonyl (C=O) groups excluding carboxylic acids is 1. The zero-order valence-corrected chi connectivity index (χ0v) is 22.9. The first kappa shape index (κ1) is 28.4. The summed E-state index contributed by atoms with van der Waals surface area (Å²) in [5, 5.41) is 15.4. The highest BCUT2D eigenvalue weighted by atomic mass is 32.1. The minimum Gasteiger partial charge on any atom is -0.360 e. The molecular formula is C27H31F3N6O2S. The van der Waals surface area contributed by atoms with Gasteiger partial charge in [-0.2, -0.15) is 18.4 Å². The molecule has 4 rings (SSSR count). The van der Waals surface area contributed by atoms with Crippen LogP contribution in [0.15, 0.2) is 29.1 Å². The van der Waals surface area contributed by atoms with Crippen molar-refractivity contribution in [3.8, 4) is 6.07 Å². The van der Waals surface area contributed by atoms with Crippen molar-refractivity contribution in [3.63, 3.8) is 0 Å². The van der Waals surface area contributed by atoms with Crippen LogP contribution in [-0.4, -0.2) is 52.3 Å². The van der Waals surface area contributed by atoms with Crippen LogP contribution >= 0.6 is 11.3 Å². The number of likely N-dealkylation sites (tertiary alicyclic amines) is 1. The van der Waals surface area contributed by atoms with E-state index in [9.17, 15) is 28.0 Å². The Morgan fingerprint density at radius 2 is 1.92 bits per heavy atom. The van der Waals surface area contributed by atoms with Gasteiger partial charge in [-0.05, 0) is 57.5 Å². The topological polar surface area (TPSA) is 95.1 Å². The number of nitrogens with one attached hydrogen (secondary N) is 2. The second-order valence-corrected chi connectivity index (χ2v) is 10.5.